The fourth-order valence-electron chi connectivity index (χ4n) is 2.13. The number of rotatable bonds is 3. The van der Waals surface area contributed by atoms with Crippen molar-refractivity contribution in [2.24, 2.45) is 5.73 Å². The molecular weight excluding hydrogens is 216 g/mol. The zero-order valence-corrected chi connectivity index (χ0v) is 10.5. The average molecular weight is 236 g/mol. The monoisotopic (exact) mass is 236 g/mol. The molecule has 17 heavy (non-hydrogen) atoms. The molecule has 2 rings (SSSR count). The van der Waals surface area contributed by atoms with E-state index in [4.69, 9.17) is 15.2 Å². The summed E-state index contributed by atoms with van der Waals surface area (Å²) in [5.41, 5.74) is 8.03. The molecule has 2 N–H and O–H groups in total. The number of anilines is 1. The molecule has 1 aromatic rings. The number of hydrogen-bond donors (Lipinski definition) is 1. The Morgan fingerprint density at radius 2 is 2.35 bits per heavy atom. The van der Waals surface area contributed by atoms with Crippen LogP contribution in [0.1, 0.15) is 5.56 Å². The fourth-order valence-corrected chi connectivity index (χ4v) is 2.13. The molecule has 0 saturated carbocycles. The Kier molecular flexibility index (Phi) is 3.86. The van der Waals surface area contributed by atoms with Gasteiger partial charge in [0.2, 0.25) is 0 Å². The summed E-state index contributed by atoms with van der Waals surface area (Å²) in [5, 5.41) is 0. The molecule has 4 nitrogen and oxygen atoms in total. The van der Waals surface area contributed by atoms with Crippen LogP contribution < -0.4 is 15.4 Å². The summed E-state index contributed by atoms with van der Waals surface area (Å²) in [6, 6.07) is 6.22. The lowest BCUT2D eigenvalue weighted by Gasteiger charge is -2.34. The highest BCUT2D eigenvalue weighted by Crippen LogP contribution is 2.30. The Morgan fingerprint density at radius 1 is 1.53 bits per heavy atom. The number of hydrogen-bond acceptors (Lipinski definition) is 4. The van der Waals surface area contributed by atoms with Crippen LogP contribution in [0.25, 0.3) is 0 Å². The maximum Gasteiger partial charge on any atom is 0.142 e. The number of nitrogens with zero attached hydrogens (tertiary/aromatic N) is 1. The number of morpholine rings is 1. The summed E-state index contributed by atoms with van der Waals surface area (Å²) in [4.78, 5) is 2.28. The van der Waals surface area contributed by atoms with E-state index in [1.54, 1.807) is 7.11 Å². The topological polar surface area (TPSA) is 47.7 Å². The van der Waals surface area contributed by atoms with E-state index in [0.29, 0.717) is 6.54 Å². The van der Waals surface area contributed by atoms with E-state index in [-0.39, 0.29) is 6.10 Å². The van der Waals surface area contributed by atoms with E-state index in [9.17, 15) is 0 Å². The fraction of sp³-hybridized carbons (Fsp3) is 0.538. The Hall–Kier alpha value is -1.26. The van der Waals surface area contributed by atoms with E-state index in [0.717, 1.165) is 31.1 Å². The lowest BCUT2D eigenvalue weighted by atomic mass is 10.1. The molecule has 4 heteroatoms. The molecule has 0 bridgehead atoms. The van der Waals surface area contributed by atoms with Gasteiger partial charge in [-0.25, -0.2) is 0 Å². The summed E-state index contributed by atoms with van der Waals surface area (Å²) in [5.74, 6) is 0.910. The van der Waals surface area contributed by atoms with Crippen molar-refractivity contribution in [1.82, 2.24) is 0 Å². The first-order valence-electron chi connectivity index (χ1n) is 5.96. The molecule has 0 radical (unpaired) electrons. The van der Waals surface area contributed by atoms with Gasteiger partial charge in [-0.1, -0.05) is 6.07 Å². The summed E-state index contributed by atoms with van der Waals surface area (Å²) < 4.78 is 11.0. The summed E-state index contributed by atoms with van der Waals surface area (Å²) in [6.07, 6.45) is 0.119. The van der Waals surface area contributed by atoms with Crippen molar-refractivity contribution in [2.45, 2.75) is 13.0 Å². The van der Waals surface area contributed by atoms with Crippen LogP contribution in [0.15, 0.2) is 18.2 Å². The SMILES string of the molecule is COc1ccc(C)cc1N1CCOC(CN)C1. The third-order valence-corrected chi connectivity index (χ3v) is 3.08. The predicted octanol–water partition coefficient (Wildman–Crippen LogP) is 1.17. The van der Waals surface area contributed by atoms with Crippen LogP contribution in [-0.2, 0) is 4.74 Å². The third kappa shape index (κ3) is 2.70. The summed E-state index contributed by atoms with van der Waals surface area (Å²) >= 11 is 0. The van der Waals surface area contributed by atoms with E-state index in [2.05, 4.69) is 24.0 Å². The minimum absolute atomic E-state index is 0.119. The van der Waals surface area contributed by atoms with E-state index in [1.807, 2.05) is 6.07 Å². The predicted molar refractivity (Wildman–Crippen MR) is 68.7 cm³/mol. The molecule has 1 aromatic carbocycles. The molecule has 0 spiro atoms. The first-order valence-corrected chi connectivity index (χ1v) is 5.96. The van der Waals surface area contributed by atoms with Gasteiger partial charge in [-0.15, -0.1) is 0 Å². The average Bonchev–Trinajstić information content (AvgIpc) is 2.39. The highest BCUT2D eigenvalue weighted by molar-refractivity contribution is 5.60. The number of benzene rings is 1. The first-order chi connectivity index (χ1) is 8.24. The third-order valence-electron chi connectivity index (χ3n) is 3.08. The lowest BCUT2D eigenvalue weighted by molar-refractivity contribution is 0.0464. The minimum atomic E-state index is 0.119. The van der Waals surface area contributed by atoms with Gasteiger partial charge in [-0.05, 0) is 24.6 Å². The van der Waals surface area contributed by atoms with Crippen molar-refractivity contribution in [2.75, 3.05) is 38.3 Å². The van der Waals surface area contributed by atoms with Crippen molar-refractivity contribution in [3.63, 3.8) is 0 Å². The Morgan fingerprint density at radius 3 is 3.06 bits per heavy atom. The van der Waals surface area contributed by atoms with Gasteiger partial charge in [-0.3, -0.25) is 0 Å². The van der Waals surface area contributed by atoms with Crippen molar-refractivity contribution >= 4 is 5.69 Å². The lowest BCUT2D eigenvalue weighted by Crippen LogP contribution is -2.45. The van der Waals surface area contributed by atoms with Crippen LogP contribution in [-0.4, -0.2) is 39.5 Å². The number of ether oxygens (including phenoxy) is 2. The van der Waals surface area contributed by atoms with Crippen LogP contribution in [0, 0.1) is 6.92 Å². The maximum atomic E-state index is 5.66. The van der Waals surface area contributed by atoms with Gasteiger partial charge in [0.05, 0.1) is 25.5 Å². The Balaban J connectivity index is 2.22. The van der Waals surface area contributed by atoms with Crippen LogP contribution in [0.4, 0.5) is 5.69 Å². The summed E-state index contributed by atoms with van der Waals surface area (Å²) in [6.45, 7) is 5.08. The van der Waals surface area contributed by atoms with Gasteiger partial charge in [0.25, 0.3) is 0 Å². The smallest absolute Gasteiger partial charge is 0.142 e. The second-order valence-electron chi connectivity index (χ2n) is 4.35. The molecule has 1 heterocycles. The Labute approximate surface area is 102 Å². The normalized spacial score (nSPS) is 20.4. The first kappa shape index (κ1) is 12.2. The molecule has 94 valence electrons. The molecule has 1 unspecified atom stereocenters. The largest absolute Gasteiger partial charge is 0.495 e. The van der Waals surface area contributed by atoms with E-state index >= 15 is 0 Å². The van der Waals surface area contributed by atoms with Crippen molar-refractivity contribution in [1.29, 1.82) is 0 Å². The van der Waals surface area contributed by atoms with Gasteiger partial charge >= 0.3 is 0 Å². The van der Waals surface area contributed by atoms with Crippen LogP contribution in [0.3, 0.4) is 0 Å². The van der Waals surface area contributed by atoms with Crippen molar-refractivity contribution in [3.8, 4) is 5.75 Å². The number of aryl methyl sites for hydroxylation is 1. The summed E-state index contributed by atoms with van der Waals surface area (Å²) in [7, 11) is 1.70. The van der Waals surface area contributed by atoms with Crippen molar-refractivity contribution in [3.05, 3.63) is 23.8 Å². The van der Waals surface area contributed by atoms with Gasteiger partial charge in [0.1, 0.15) is 5.75 Å². The van der Waals surface area contributed by atoms with E-state index < -0.39 is 0 Å². The van der Waals surface area contributed by atoms with Crippen molar-refractivity contribution < 1.29 is 9.47 Å². The van der Waals surface area contributed by atoms with Gasteiger partial charge in [0.15, 0.2) is 0 Å². The number of nitrogens with two attached hydrogens (primary N) is 1. The zero-order chi connectivity index (χ0) is 12.3. The minimum Gasteiger partial charge on any atom is -0.495 e. The number of methoxy groups -OCH3 is 1. The highest BCUT2D eigenvalue weighted by atomic mass is 16.5. The van der Waals surface area contributed by atoms with Crippen LogP contribution >= 0.6 is 0 Å². The molecule has 0 aromatic heterocycles. The van der Waals surface area contributed by atoms with Crippen LogP contribution in [0.5, 0.6) is 5.75 Å². The molecule has 1 fully saturated rings. The van der Waals surface area contributed by atoms with Crippen LogP contribution in [0.2, 0.25) is 0 Å². The molecule has 1 atom stereocenters. The molecule has 0 amide bonds. The second kappa shape index (κ2) is 5.38. The van der Waals surface area contributed by atoms with Gasteiger partial charge in [0, 0.05) is 19.6 Å². The second-order valence-corrected chi connectivity index (χ2v) is 4.35. The quantitative estimate of drug-likeness (QED) is 0.855. The molecular formula is C13H20N2O2. The molecule has 1 saturated heterocycles. The van der Waals surface area contributed by atoms with Gasteiger partial charge < -0.3 is 20.1 Å². The van der Waals surface area contributed by atoms with E-state index in [1.165, 1.54) is 5.56 Å². The maximum absolute atomic E-state index is 5.66. The molecule has 1 aliphatic heterocycles. The zero-order valence-electron chi connectivity index (χ0n) is 10.5. The highest BCUT2D eigenvalue weighted by Gasteiger charge is 2.21. The Bertz CT molecular complexity index is 382. The molecule has 0 aliphatic carbocycles. The molecule has 1 aliphatic rings. The standard InChI is InChI=1S/C13H20N2O2/c1-10-3-4-13(16-2)12(7-10)15-5-6-17-11(8-14)9-15/h3-4,7,11H,5-6,8-9,14H2,1-2H3. The van der Waals surface area contributed by atoms with Gasteiger partial charge in [-0.2, -0.15) is 0 Å².